The predicted molar refractivity (Wildman–Crippen MR) is 105 cm³/mol. The second kappa shape index (κ2) is 7.82. The molecule has 0 N–H and O–H groups in total. The van der Waals surface area contributed by atoms with Gasteiger partial charge in [0.1, 0.15) is 5.82 Å². The van der Waals surface area contributed by atoms with Gasteiger partial charge in [-0.2, -0.15) is 0 Å². The summed E-state index contributed by atoms with van der Waals surface area (Å²) in [4.78, 5) is 20.0. The number of aromatic nitrogens is 1. The lowest BCUT2D eigenvalue weighted by Gasteiger charge is -2.34. The Labute approximate surface area is 159 Å². The maximum atomic E-state index is 13.6. The second-order valence-electron chi connectivity index (χ2n) is 6.93. The maximum Gasteiger partial charge on any atom is 0.259 e. The van der Waals surface area contributed by atoms with Crippen molar-refractivity contribution in [2.45, 2.75) is 45.1 Å². The molecule has 0 atom stereocenters. The molecule has 5 heteroatoms. The van der Waals surface area contributed by atoms with Gasteiger partial charge in [-0.3, -0.25) is 9.69 Å². The van der Waals surface area contributed by atoms with E-state index < -0.39 is 0 Å². The third-order valence-electron chi connectivity index (χ3n) is 5.26. The standard InChI is InChI=1S/C22H24N2O3/c1-2-18(16-11-12-19-20(14-16)27-15-26-19)22(25)24(17-8-4-3-5-9-17)21-10-6-7-13-23-21/h2,6-7,10-14,17H,3-5,8-9,15H2,1H3/b18-2+. The highest BCUT2D eigenvalue weighted by atomic mass is 16.7. The molecule has 1 aromatic carbocycles. The molecule has 0 unspecified atom stereocenters. The molecule has 1 amide bonds. The summed E-state index contributed by atoms with van der Waals surface area (Å²) in [5, 5.41) is 0. The highest BCUT2D eigenvalue weighted by molar-refractivity contribution is 6.26. The molecule has 1 aromatic heterocycles. The van der Waals surface area contributed by atoms with Gasteiger partial charge in [-0.25, -0.2) is 4.98 Å². The van der Waals surface area contributed by atoms with E-state index >= 15 is 0 Å². The number of carbonyl (C=O) groups excluding carboxylic acids is 1. The van der Waals surface area contributed by atoms with Crippen LogP contribution in [-0.4, -0.2) is 23.7 Å². The molecule has 2 aromatic rings. The molecule has 2 heterocycles. The lowest BCUT2D eigenvalue weighted by Crippen LogP contribution is -2.42. The number of anilines is 1. The molecule has 1 saturated carbocycles. The summed E-state index contributed by atoms with van der Waals surface area (Å²) >= 11 is 0. The minimum absolute atomic E-state index is 0.0121. The van der Waals surface area contributed by atoms with Gasteiger partial charge in [-0.1, -0.05) is 37.5 Å². The van der Waals surface area contributed by atoms with E-state index in [1.54, 1.807) is 6.20 Å². The minimum Gasteiger partial charge on any atom is -0.454 e. The fourth-order valence-electron chi connectivity index (χ4n) is 3.90. The summed E-state index contributed by atoms with van der Waals surface area (Å²) in [5.74, 6) is 2.11. The Morgan fingerprint density at radius 2 is 1.93 bits per heavy atom. The molecule has 0 spiro atoms. The van der Waals surface area contributed by atoms with E-state index in [0.717, 1.165) is 42.8 Å². The molecule has 1 aliphatic heterocycles. The first kappa shape index (κ1) is 17.6. The van der Waals surface area contributed by atoms with Gasteiger partial charge in [0.05, 0.1) is 0 Å². The fraction of sp³-hybridized carbons (Fsp3) is 0.364. The van der Waals surface area contributed by atoms with Gasteiger partial charge >= 0.3 is 0 Å². The summed E-state index contributed by atoms with van der Waals surface area (Å²) in [5.41, 5.74) is 1.49. The van der Waals surface area contributed by atoms with Crippen molar-refractivity contribution in [2.75, 3.05) is 11.7 Å². The van der Waals surface area contributed by atoms with Crippen molar-refractivity contribution in [1.82, 2.24) is 4.98 Å². The van der Waals surface area contributed by atoms with E-state index in [0.29, 0.717) is 11.3 Å². The molecule has 27 heavy (non-hydrogen) atoms. The summed E-state index contributed by atoms with van der Waals surface area (Å²) in [6, 6.07) is 11.6. The summed E-state index contributed by atoms with van der Waals surface area (Å²) in [6.07, 6.45) is 9.18. The number of nitrogens with zero attached hydrogens (tertiary/aromatic N) is 2. The van der Waals surface area contributed by atoms with Gasteiger partial charge in [0, 0.05) is 17.8 Å². The smallest absolute Gasteiger partial charge is 0.259 e. The SMILES string of the molecule is C/C=C(/C(=O)N(c1ccccn1)C1CCCCC1)c1ccc2c(c1)OCO2. The zero-order valence-electron chi connectivity index (χ0n) is 15.6. The Kier molecular flexibility index (Phi) is 5.10. The molecule has 4 rings (SSSR count). The second-order valence-corrected chi connectivity index (χ2v) is 6.93. The van der Waals surface area contributed by atoms with Crippen molar-refractivity contribution in [3.63, 3.8) is 0 Å². The number of hydrogen-bond donors (Lipinski definition) is 0. The molecule has 1 aliphatic carbocycles. The lowest BCUT2D eigenvalue weighted by molar-refractivity contribution is -0.114. The molecular formula is C22H24N2O3. The van der Waals surface area contributed by atoms with E-state index in [-0.39, 0.29) is 18.7 Å². The predicted octanol–water partition coefficient (Wildman–Crippen LogP) is 4.58. The molecular weight excluding hydrogens is 340 g/mol. The molecule has 1 fully saturated rings. The number of fused-ring (bicyclic) bond motifs is 1. The first-order chi connectivity index (χ1) is 13.3. The van der Waals surface area contributed by atoms with Crippen LogP contribution in [0.15, 0.2) is 48.7 Å². The largest absolute Gasteiger partial charge is 0.454 e. The van der Waals surface area contributed by atoms with Crippen LogP contribution in [0.2, 0.25) is 0 Å². The van der Waals surface area contributed by atoms with Gasteiger partial charge in [-0.05, 0) is 49.6 Å². The normalized spacial score (nSPS) is 17.0. The molecule has 5 nitrogen and oxygen atoms in total. The molecule has 0 saturated heterocycles. The van der Waals surface area contributed by atoms with Crippen LogP contribution in [0.25, 0.3) is 5.57 Å². The Bertz CT molecular complexity index is 842. The van der Waals surface area contributed by atoms with Crippen molar-refractivity contribution in [1.29, 1.82) is 0 Å². The van der Waals surface area contributed by atoms with Crippen LogP contribution in [0.4, 0.5) is 5.82 Å². The highest BCUT2D eigenvalue weighted by Crippen LogP contribution is 2.36. The van der Waals surface area contributed by atoms with Crippen LogP contribution in [-0.2, 0) is 4.79 Å². The number of benzene rings is 1. The first-order valence-corrected chi connectivity index (χ1v) is 9.59. The van der Waals surface area contributed by atoms with E-state index in [1.807, 2.05) is 54.3 Å². The van der Waals surface area contributed by atoms with Crippen molar-refractivity contribution in [3.05, 3.63) is 54.2 Å². The Morgan fingerprint density at radius 3 is 2.67 bits per heavy atom. The topological polar surface area (TPSA) is 51.7 Å². The minimum atomic E-state index is -0.0121. The van der Waals surface area contributed by atoms with Crippen LogP contribution in [0, 0.1) is 0 Å². The van der Waals surface area contributed by atoms with E-state index in [2.05, 4.69) is 4.98 Å². The number of pyridine rings is 1. The third-order valence-corrected chi connectivity index (χ3v) is 5.26. The van der Waals surface area contributed by atoms with E-state index in [1.165, 1.54) is 6.42 Å². The molecule has 140 valence electrons. The van der Waals surface area contributed by atoms with Crippen molar-refractivity contribution in [2.24, 2.45) is 0 Å². The Morgan fingerprint density at radius 1 is 1.11 bits per heavy atom. The zero-order valence-corrected chi connectivity index (χ0v) is 15.6. The number of rotatable bonds is 4. The quantitative estimate of drug-likeness (QED) is 0.745. The van der Waals surface area contributed by atoms with Gasteiger partial charge in [0.2, 0.25) is 6.79 Å². The number of carbonyl (C=O) groups is 1. The van der Waals surface area contributed by atoms with Crippen LogP contribution >= 0.6 is 0 Å². The summed E-state index contributed by atoms with van der Waals surface area (Å²) in [7, 11) is 0. The van der Waals surface area contributed by atoms with E-state index in [4.69, 9.17) is 9.47 Å². The van der Waals surface area contributed by atoms with Crippen LogP contribution in [0.1, 0.15) is 44.6 Å². The van der Waals surface area contributed by atoms with Gasteiger partial charge in [-0.15, -0.1) is 0 Å². The number of amides is 1. The Balaban J connectivity index is 1.69. The average molecular weight is 364 g/mol. The van der Waals surface area contributed by atoms with Crippen LogP contribution in [0.3, 0.4) is 0 Å². The lowest BCUT2D eigenvalue weighted by atomic mass is 9.93. The molecule has 2 aliphatic rings. The van der Waals surface area contributed by atoms with Crippen LogP contribution in [0.5, 0.6) is 11.5 Å². The fourth-order valence-corrected chi connectivity index (χ4v) is 3.90. The Hall–Kier alpha value is -2.82. The number of allylic oxidation sites excluding steroid dienone is 1. The van der Waals surface area contributed by atoms with Gasteiger partial charge < -0.3 is 9.47 Å². The number of hydrogen-bond acceptors (Lipinski definition) is 4. The monoisotopic (exact) mass is 364 g/mol. The maximum absolute atomic E-state index is 13.6. The van der Waals surface area contributed by atoms with Crippen molar-refractivity contribution < 1.29 is 14.3 Å². The molecule has 0 radical (unpaired) electrons. The van der Waals surface area contributed by atoms with Crippen LogP contribution < -0.4 is 14.4 Å². The van der Waals surface area contributed by atoms with Crippen molar-refractivity contribution >= 4 is 17.3 Å². The summed E-state index contributed by atoms with van der Waals surface area (Å²) < 4.78 is 10.9. The van der Waals surface area contributed by atoms with Gasteiger partial charge in [0.15, 0.2) is 11.5 Å². The first-order valence-electron chi connectivity index (χ1n) is 9.59. The van der Waals surface area contributed by atoms with E-state index in [9.17, 15) is 4.79 Å². The van der Waals surface area contributed by atoms with Crippen molar-refractivity contribution in [3.8, 4) is 11.5 Å². The summed E-state index contributed by atoms with van der Waals surface area (Å²) in [6.45, 7) is 2.12. The number of ether oxygens (including phenoxy) is 2. The third kappa shape index (κ3) is 3.54. The highest BCUT2D eigenvalue weighted by Gasteiger charge is 2.30. The average Bonchev–Trinajstić information content (AvgIpc) is 3.18. The molecule has 0 bridgehead atoms. The zero-order chi connectivity index (χ0) is 18.6. The van der Waals surface area contributed by atoms with Gasteiger partial charge in [0.25, 0.3) is 5.91 Å².